The van der Waals surface area contributed by atoms with Gasteiger partial charge in [0.2, 0.25) is 0 Å². The Hall–Kier alpha value is -1.63. The highest BCUT2D eigenvalue weighted by atomic mass is 16.5. The standard InChI is InChI=1S/C11H15N3O4/c15-8(7-2-1-5-18-7)14-4-3-11(6-14)9(16)12-10(17)13-11/h7H,1-6H2,(H2,12,13,16,17)/t7-,11?/m1/s1. The zero-order valence-electron chi connectivity index (χ0n) is 9.90. The first-order valence-electron chi connectivity index (χ1n) is 6.15. The Labute approximate surface area is 104 Å². The van der Waals surface area contributed by atoms with E-state index in [-0.39, 0.29) is 24.5 Å². The molecule has 2 atom stereocenters. The van der Waals surface area contributed by atoms with Gasteiger partial charge in [-0.05, 0) is 19.3 Å². The van der Waals surface area contributed by atoms with Crippen LogP contribution in [0.15, 0.2) is 0 Å². The second-order valence-electron chi connectivity index (χ2n) is 5.00. The number of hydrogen-bond acceptors (Lipinski definition) is 4. The molecule has 3 saturated heterocycles. The zero-order chi connectivity index (χ0) is 12.8. The minimum Gasteiger partial charge on any atom is -0.368 e. The Morgan fingerprint density at radius 1 is 1.44 bits per heavy atom. The van der Waals surface area contributed by atoms with Crippen LogP contribution in [0.25, 0.3) is 0 Å². The van der Waals surface area contributed by atoms with E-state index >= 15 is 0 Å². The highest BCUT2D eigenvalue weighted by Gasteiger charge is 2.52. The summed E-state index contributed by atoms with van der Waals surface area (Å²) in [5.41, 5.74) is -0.925. The van der Waals surface area contributed by atoms with Crippen molar-refractivity contribution in [3.8, 4) is 0 Å². The van der Waals surface area contributed by atoms with Gasteiger partial charge in [0.15, 0.2) is 0 Å². The first kappa shape index (κ1) is 11.5. The van der Waals surface area contributed by atoms with E-state index in [1.807, 2.05) is 0 Å². The molecule has 7 heteroatoms. The molecule has 3 fully saturated rings. The van der Waals surface area contributed by atoms with Crippen LogP contribution in [0.3, 0.4) is 0 Å². The van der Waals surface area contributed by atoms with Crippen molar-refractivity contribution in [1.82, 2.24) is 15.5 Å². The molecule has 4 amide bonds. The third-order valence-electron chi connectivity index (χ3n) is 3.80. The van der Waals surface area contributed by atoms with Crippen LogP contribution in [0.2, 0.25) is 0 Å². The third-order valence-corrected chi connectivity index (χ3v) is 3.80. The Morgan fingerprint density at radius 2 is 2.28 bits per heavy atom. The maximum Gasteiger partial charge on any atom is 0.322 e. The largest absolute Gasteiger partial charge is 0.368 e. The van der Waals surface area contributed by atoms with E-state index in [2.05, 4.69) is 10.6 Å². The van der Waals surface area contributed by atoms with Crippen LogP contribution in [-0.2, 0) is 14.3 Å². The average molecular weight is 253 g/mol. The van der Waals surface area contributed by atoms with Gasteiger partial charge < -0.3 is 15.0 Å². The molecule has 3 heterocycles. The molecular weight excluding hydrogens is 238 g/mol. The third kappa shape index (κ3) is 1.66. The van der Waals surface area contributed by atoms with E-state index in [1.165, 1.54) is 0 Å². The smallest absolute Gasteiger partial charge is 0.322 e. The van der Waals surface area contributed by atoms with Crippen LogP contribution in [0.1, 0.15) is 19.3 Å². The molecule has 0 saturated carbocycles. The van der Waals surface area contributed by atoms with Crippen molar-refractivity contribution < 1.29 is 19.1 Å². The number of rotatable bonds is 1. The lowest BCUT2D eigenvalue weighted by molar-refractivity contribution is -0.140. The lowest BCUT2D eigenvalue weighted by Gasteiger charge is -2.22. The van der Waals surface area contributed by atoms with Crippen molar-refractivity contribution in [2.45, 2.75) is 30.9 Å². The van der Waals surface area contributed by atoms with Gasteiger partial charge in [-0.1, -0.05) is 0 Å². The summed E-state index contributed by atoms with van der Waals surface area (Å²) in [6.45, 7) is 1.34. The van der Waals surface area contributed by atoms with Gasteiger partial charge in [-0.3, -0.25) is 14.9 Å². The van der Waals surface area contributed by atoms with E-state index in [9.17, 15) is 14.4 Å². The maximum atomic E-state index is 12.1. The fourth-order valence-electron chi connectivity index (χ4n) is 2.79. The van der Waals surface area contributed by atoms with E-state index in [0.29, 0.717) is 19.6 Å². The molecule has 0 radical (unpaired) electrons. The summed E-state index contributed by atoms with van der Waals surface area (Å²) in [5, 5.41) is 4.84. The van der Waals surface area contributed by atoms with Crippen LogP contribution in [0.5, 0.6) is 0 Å². The van der Waals surface area contributed by atoms with Crippen LogP contribution in [0.4, 0.5) is 4.79 Å². The Balaban J connectivity index is 1.69. The predicted octanol–water partition coefficient (Wildman–Crippen LogP) is -1.02. The summed E-state index contributed by atoms with van der Waals surface area (Å²) in [7, 11) is 0. The van der Waals surface area contributed by atoms with E-state index in [4.69, 9.17) is 4.74 Å². The summed E-state index contributed by atoms with van der Waals surface area (Å²) in [6, 6.07) is -0.480. The highest BCUT2D eigenvalue weighted by Crippen LogP contribution is 2.26. The Morgan fingerprint density at radius 3 is 2.89 bits per heavy atom. The number of likely N-dealkylation sites (tertiary alicyclic amines) is 1. The quantitative estimate of drug-likeness (QED) is 0.585. The predicted molar refractivity (Wildman–Crippen MR) is 59.6 cm³/mol. The number of carbonyl (C=O) groups is 3. The molecule has 0 bridgehead atoms. The summed E-state index contributed by atoms with van der Waals surface area (Å²) in [6.07, 6.45) is 1.72. The molecule has 2 N–H and O–H groups in total. The van der Waals surface area contributed by atoms with Crippen LogP contribution in [0, 0.1) is 0 Å². The molecule has 0 aromatic heterocycles. The fourth-order valence-corrected chi connectivity index (χ4v) is 2.79. The SMILES string of the molecule is O=C1NC(=O)C2(CCN(C(=O)[C@H]3CCCO3)C2)N1. The molecule has 0 aromatic rings. The molecule has 3 aliphatic heterocycles. The van der Waals surface area contributed by atoms with Crippen LogP contribution >= 0.6 is 0 Å². The summed E-state index contributed by atoms with van der Waals surface area (Å²) in [4.78, 5) is 36.7. The first-order chi connectivity index (χ1) is 8.61. The van der Waals surface area contributed by atoms with Crippen molar-refractivity contribution in [2.75, 3.05) is 19.7 Å². The second kappa shape index (κ2) is 3.94. The van der Waals surface area contributed by atoms with E-state index < -0.39 is 11.6 Å². The number of imide groups is 1. The highest BCUT2D eigenvalue weighted by molar-refractivity contribution is 6.07. The summed E-state index contributed by atoms with van der Waals surface area (Å²) >= 11 is 0. The van der Waals surface area contributed by atoms with Crippen molar-refractivity contribution in [2.24, 2.45) is 0 Å². The van der Waals surface area contributed by atoms with Gasteiger partial charge in [-0.15, -0.1) is 0 Å². The molecule has 3 rings (SSSR count). The Bertz CT molecular complexity index is 419. The topological polar surface area (TPSA) is 87.7 Å². The van der Waals surface area contributed by atoms with Gasteiger partial charge in [0.1, 0.15) is 11.6 Å². The van der Waals surface area contributed by atoms with E-state index in [0.717, 1.165) is 12.8 Å². The number of carbonyl (C=O) groups excluding carboxylic acids is 3. The molecule has 3 aliphatic rings. The minimum absolute atomic E-state index is 0.0710. The number of hydrogen-bond donors (Lipinski definition) is 2. The molecule has 7 nitrogen and oxygen atoms in total. The lowest BCUT2D eigenvalue weighted by Crippen LogP contribution is -2.50. The fraction of sp³-hybridized carbons (Fsp3) is 0.727. The van der Waals surface area contributed by atoms with Gasteiger partial charge in [-0.2, -0.15) is 0 Å². The van der Waals surface area contributed by atoms with Crippen molar-refractivity contribution in [3.05, 3.63) is 0 Å². The van der Waals surface area contributed by atoms with Crippen molar-refractivity contribution >= 4 is 17.8 Å². The average Bonchev–Trinajstić information content (AvgIpc) is 3.01. The molecular formula is C11H15N3O4. The van der Waals surface area contributed by atoms with Crippen molar-refractivity contribution in [3.63, 3.8) is 0 Å². The molecule has 0 aliphatic carbocycles. The Kier molecular flexibility index (Phi) is 2.51. The number of urea groups is 1. The first-order valence-corrected chi connectivity index (χ1v) is 6.15. The van der Waals surface area contributed by atoms with E-state index in [1.54, 1.807) is 4.90 Å². The van der Waals surface area contributed by atoms with Crippen LogP contribution < -0.4 is 10.6 Å². The minimum atomic E-state index is -0.925. The van der Waals surface area contributed by atoms with Gasteiger partial charge in [0, 0.05) is 13.2 Å². The summed E-state index contributed by atoms with van der Waals surface area (Å²) < 4.78 is 5.35. The van der Waals surface area contributed by atoms with Crippen LogP contribution in [-0.4, -0.2) is 54.1 Å². The van der Waals surface area contributed by atoms with Gasteiger partial charge in [0.05, 0.1) is 6.54 Å². The maximum absolute atomic E-state index is 12.1. The van der Waals surface area contributed by atoms with Gasteiger partial charge >= 0.3 is 6.03 Å². The van der Waals surface area contributed by atoms with Crippen molar-refractivity contribution in [1.29, 1.82) is 0 Å². The number of ether oxygens (including phenoxy) is 1. The second-order valence-corrected chi connectivity index (χ2v) is 5.00. The summed E-state index contributed by atoms with van der Waals surface area (Å²) in [5.74, 6) is -0.409. The molecule has 98 valence electrons. The van der Waals surface area contributed by atoms with Gasteiger partial charge in [0.25, 0.3) is 11.8 Å². The number of nitrogens with zero attached hydrogens (tertiary/aromatic N) is 1. The molecule has 1 spiro atoms. The monoisotopic (exact) mass is 253 g/mol. The normalized spacial score (nSPS) is 35.1. The zero-order valence-corrected chi connectivity index (χ0v) is 9.90. The molecule has 1 unspecified atom stereocenters. The number of amides is 4. The molecule has 18 heavy (non-hydrogen) atoms. The van der Waals surface area contributed by atoms with Gasteiger partial charge in [-0.25, -0.2) is 4.79 Å². The number of nitrogens with one attached hydrogen (secondary N) is 2. The molecule has 0 aromatic carbocycles. The lowest BCUT2D eigenvalue weighted by atomic mass is 9.99.